The number of carbonyl (C=O) groups excluding carboxylic acids is 1. The van der Waals surface area contributed by atoms with E-state index in [1.165, 1.54) is 0 Å². The first-order chi connectivity index (χ1) is 5.79. The van der Waals surface area contributed by atoms with E-state index in [9.17, 15) is 9.59 Å². The summed E-state index contributed by atoms with van der Waals surface area (Å²) in [5.74, 6) is 0. The summed E-state index contributed by atoms with van der Waals surface area (Å²) < 4.78 is 5.53. The fraction of sp³-hybridized carbons (Fsp3) is 0. The molecule has 1 aromatic carbocycles. The van der Waals surface area contributed by atoms with Gasteiger partial charge in [-0.3, -0.25) is 4.79 Å². The van der Waals surface area contributed by atoms with Gasteiger partial charge in [0.25, 0.3) is 0 Å². The molecule has 0 spiro atoms. The second-order valence-corrected chi connectivity index (χ2v) is 3.26. The second kappa shape index (κ2) is 2.57. The van der Waals surface area contributed by atoms with Gasteiger partial charge in [-0.05, 0) is 18.2 Å². The summed E-state index contributed by atoms with van der Waals surface area (Å²) in [6.07, 6.45) is 0.740. The first-order valence-electron chi connectivity index (χ1n) is 3.28. The summed E-state index contributed by atoms with van der Waals surface area (Å²) in [5, 5.41) is 0. The lowest BCUT2D eigenvalue weighted by molar-refractivity contribution is 0.112. The quantitative estimate of drug-likeness (QED) is 0.627. The average molecular weight is 180 g/mol. The molecule has 1 heterocycles. The molecule has 0 N–H and O–H groups in total. The number of carbonyl (C=O) groups is 1. The van der Waals surface area contributed by atoms with Gasteiger partial charge in [0.1, 0.15) is 11.9 Å². The molecule has 1 aromatic heterocycles. The number of fused-ring (bicyclic) bond motifs is 1. The zero-order chi connectivity index (χ0) is 8.55. The van der Waals surface area contributed by atoms with E-state index < -0.39 is 0 Å². The SMILES string of the molecule is O=Cc1ccc2oc(=O)sc2c1. The second-order valence-electron chi connectivity index (χ2n) is 2.28. The molecule has 0 amide bonds. The zero-order valence-electron chi connectivity index (χ0n) is 5.94. The number of aldehydes is 1. The lowest BCUT2D eigenvalue weighted by Gasteiger charge is -1.86. The van der Waals surface area contributed by atoms with Gasteiger partial charge in [-0.25, -0.2) is 4.79 Å². The molecule has 0 unspecified atom stereocenters. The standard InChI is InChI=1S/C8H4O3S/c9-4-5-1-2-6-7(3-5)12-8(10)11-6/h1-4H. The minimum atomic E-state index is -0.340. The Labute approximate surface area is 71.2 Å². The third-order valence-electron chi connectivity index (χ3n) is 1.49. The van der Waals surface area contributed by atoms with Crippen LogP contribution in [0, 0.1) is 0 Å². The van der Waals surface area contributed by atoms with Crippen molar-refractivity contribution in [3.8, 4) is 0 Å². The Bertz CT molecular complexity index is 480. The molecule has 2 aromatic rings. The Morgan fingerprint density at radius 2 is 2.25 bits per heavy atom. The van der Waals surface area contributed by atoms with Crippen molar-refractivity contribution in [3.05, 3.63) is 33.5 Å². The lowest BCUT2D eigenvalue weighted by Crippen LogP contribution is -1.79. The highest BCUT2D eigenvalue weighted by Crippen LogP contribution is 2.17. The van der Waals surface area contributed by atoms with Gasteiger partial charge in [0.15, 0.2) is 0 Å². The molecule has 12 heavy (non-hydrogen) atoms. The number of rotatable bonds is 1. The molecular formula is C8H4O3S. The summed E-state index contributed by atoms with van der Waals surface area (Å²) in [6.45, 7) is 0. The highest BCUT2D eigenvalue weighted by Gasteiger charge is 2.01. The first kappa shape index (κ1) is 7.24. The number of hydrogen-bond acceptors (Lipinski definition) is 4. The minimum absolute atomic E-state index is 0.340. The summed E-state index contributed by atoms with van der Waals surface area (Å²) >= 11 is 1.00. The van der Waals surface area contributed by atoms with Crippen molar-refractivity contribution >= 4 is 27.9 Å². The minimum Gasteiger partial charge on any atom is -0.414 e. The van der Waals surface area contributed by atoms with Gasteiger partial charge in [0, 0.05) is 5.56 Å². The summed E-state index contributed by atoms with van der Waals surface area (Å²) in [7, 11) is 0. The molecule has 0 fully saturated rings. The topological polar surface area (TPSA) is 47.3 Å². The summed E-state index contributed by atoms with van der Waals surface area (Å²) in [5.41, 5.74) is 1.09. The smallest absolute Gasteiger partial charge is 0.396 e. The van der Waals surface area contributed by atoms with Crippen molar-refractivity contribution in [2.24, 2.45) is 0 Å². The van der Waals surface area contributed by atoms with Crippen LogP contribution in [0.25, 0.3) is 10.3 Å². The Balaban J connectivity index is 2.82. The average Bonchev–Trinajstić information content (AvgIpc) is 2.43. The van der Waals surface area contributed by atoms with E-state index in [1.807, 2.05) is 0 Å². The van der Waals surface area contributed by atoms with E-state index in [2.05, 4.69) is 0 Å². The van der Waals surface area contributed by atoms with Crippen LogP contribution in [-0.4, -0.2) is 6.29 Å². The van der Waals surface area contributed by atoms with E-state index >= 15 is 0 Å². The molecule has 0 aliphatic heterocycles. The highest BCUT2D eigenvalue weighted by molar-refractivity contribution is 7.16. The van der Waals surface area contributed by atoms with Gasteiger partial charge in [0.2, 0.25) is 0 Å². The summed E-state index contributed by atoms with van der Waals surface area (Å²) in [6, 6.07) is 4.87. The monoisotopic (exact) mass is 180 g/mol. The Kier molecular flexibility index (Phi) is 1.55. The largest absolute Gasteiger partial charge is 0.414 e. The van der Waals surface area contributed by atoms with E-state index in [0.717, 1.165) is 17.6 Å². The van der Waals surface area contributed by atoms with Gasteiger partial charge in [-0.15, -0.1) is 0 Å². The normalized spacial score (nSPS) is 10.3. The van der Waals surface area contributed by atoms with Crippen molar-refractivity contribution in [3.63, 3.8) is 0 Å². The highest BCUT2D eigenvalue weighted by atomic mass is 32.1. The van der Waals surface area contributed by atoms with Crippen LogP contribution in [0.1, 0.15) is 10.4 Å². The maximum Gasteiger partial charge on any atom is 0.396 e. The molecule has 2 rings (SSSR count). The van der Waals surface area contributed by atoms with Crippen molar-refractivity contribution in [1.82, 2.24) is 0 Å². The zero-order valence-corrected chi connectivity index (χ0v) is 6.76. The van der Waals surface area contributed by atoms with Gasteiger partial charge in [-0.1, -0.05) is 11.3 Å². The molecule has 0 bridgehead atoms. The maximum absolute atomic E-state index is 10.8. The van der Waals surface area contributed by atoms with Crippen LogP contribution in [0.3, 0.4) is 0 Å². The van der Waals surface area contributed by atoms with Crippen molar-refractivity contribution in [2.75, 3.05) is 0 Å². The Hall–Kier alpha value is -1.42. The Morgan fingerprint density at radius 3 is 3.00 bits per heavy atom. The van der Waals surface area contributed by atoms with Crippen LogP contribution in [0.4, 0.5) is 0 Å². The fourth-order valence-corrected chi connectivity index (χ4v) is 1.68. The summed E-state index contributed by atoms with van der Waals surface area (Å²) in [4.78, 5) is 20.8. The molecular weight excluding hydrogens is 176 g/mol. The molecule has 0 aliphatic rings. The van der Waals surface area contributed by atoms with E-state index in [0.29, 0.717) is 15.8 Å². The van der Waals surface area contributed by atoms with Crippen molar-refractivity contribution in [1.29, 1.82) is 0 Å². The molecule has 0 radical (unpaired) electrons. The lowest BCUT2D eigenvalue weighted by atomic mass is 10.2. The van der Waals surface area contributed by atoms with Crippen LogP contribution < -0.4 is 4.94 Å². The van der Waals surface area contributed by atoms with Crippen LogP contribution >= 0.6 is 11.3 Å². The van der Waals surface area contributed by atoms with Gasteiger partial charge >= 0.3 is 4.94 Å². The molecule has 0 aliphatic carbocycles. The maximum atomic E-state index is 10.8. The molecule has 60 valence electrons. The van der Waals surface area contributed by atoms with Crippen LogP contribution in [0.2, 0.25) is 0 Å². The number of hydrogen-bond donors (Lipinski definition) is 0. The van der Waals surface area contributed by atoms with Gasteiger partial charge < -0.3 is 4.42 Å². The fourth-order valence-electron chi connectivity index (χ4n) is 0.962. The van der Waals surface area contributed by atoms with E-state index in [4.69, 9.17) is 4.42 Å². The Morgan fingerprint density at radius 1 is 1.42 bits per heavy atom. The van der Waals surface area contributed by atoms with Crippen molar-refractivity contribution in [2.45, 2.75) is 0 Å². The molecule has 4 heteroatoms. The predicted molar refractivity (Wildman–Crippen MR) is 45.7 cm³/mol. The number of benzene rings is 1. The van der Waals surface area contributed by atoms with Gasteiger partial charge in [0.05, 0.1) is 4.70 Å². The molecule has 0 saturated heterocycles. The predicted octanol–water partition coefficient (Wildman–Crippen LogP) is 1.67. The molecule has 3 nitrogen and oxygen atoms in total. The van der Waals surface area contributed by atoms with E-state index in [-0.39, 0.29) is 4.94 Å². The van der Waals surface area contributed by atoms with Crippen LogP contribution in [0.5, 0.6) is 0 Å². The third kappa shape index (κ3) is 1.06. The first-order valence-corrected chi connectivity index (χ1v) is 4.10. The van der Waals surface area contributed by atoms with Crippen molar-refractivity contribution < 1.29 is 9.21 Å². The molecule has 0 saturated carbocycles. The molecule has 0 atom stereocenters. The van der Waals surface area contributed by atoms with Crippen LogP contribution in [-0.2, 0) is 0 Å². The van der Waals surface area contributed by atoms with Crippen LogP contribution in [0.15, 0.2) is 27.4 Å². The third-order valence-corrected chi connectivity index (χ3v) is 2.28. The van der Waals surface area contributed by atoms with E-state index in [1.54, 1.807) is 18.2 Å². The van der Waals surface area contributed by atoms with Gasteiger partial charge in [-0.2, -0.15) is 0 Å².